The van der Waals surface area contributed by atoms with E-state index in [0.29, 0.717) is 0 Å². The quantitative estimate of drug-likeness (QED) is 0.825. The fourth-order valence-electron chi connectivity index (χ4n) is 1.56. The van der Waals surface area contributed by atoms with Crippen molar-refractivity contribution in [3.05, 3.63) is 57.0 Å². The molecule has 2 rings (SSSR count). The van der Waals surface area contributed by atoms with Crippen LogP contribution >= 0.6 is 31.9 Å². The number of rotatable bonds is 3. The SMILES string of the molecule is CC(Nc1ccc(Br)cc1Br)c1ccc(F)cn1. The molecule has 1 unspecified atom stereocenters. The summed E-state index contributed by atoms with van der Waals surface area (Å²) in [6, 6.07) is 8.99. The van der Waals surface area contributed by atoms with E-state index in [9.17, 15) is 4.39 Å². The number of hydrogen-bond donors (Lipinski definition) is 1. The van der Waals surface area contributed by atoms with Crippen LogP contribution in [0.2, 0.25) is 0 Å². The molecule has 0 radical (unpaired) electrons. The van der Waals surface area contributed by atoms with Gasteiger partial charge in [0, 0.05) is 14.6 Å². The average Bonchev–Trinajstić information content (AvgIpc) is 2.33. The van der Waals surface area contributed by atoms with Crippen molar-refractivity contribution >= 4 is 37.5 Å². The van der Waals surface area contributed by atoms with Crippen molar-refractivity contribution in [3.63, 3.8) is 0 Å². The van der Waals surface area contributed by atoms with Crippen LogP contribution in [0, 0.1) is 5.82 Å². The first kappa shape index (κ1) is 13.5. The van der Waals surface area contributed by atoms with Crippen LogP contribution in [0.25, 0.3) is 0 Å². The molecule has 2 aromatic rings. The Bertz CT molecular complexity index is 543. The predicted molar refractivity (Wildman–Crippen MR) is 78.1 cm³/mol. The van der Waals surface area contributed by atoms with E-state index >= 15 is 0 Å². The van der Waals surface area contributed by atoms with Crippen LogP contribution in [0.3, 0.4) is 0 Å². The van der Waals surface area contributed by atoms with E-state index < -0.39 is 0 Å². The largest absolute Gasteiger partial charge is 0.376 e. The van der Waals surface area contributed by atoms with E-state index in [2.05, 4.69) is 42.2 Å². The van der Waals surface area contributed by atoms with Gasteiger partial charge in [-0.15, -0.1) is 0 Å². The highest BCUT2D eigenvalue weighted by atomic mass is 79.9. The summed E-state index contributed by atoms with van der Waals surface area (Å²) in [7, 11) is 0. The molecule has 0 fully saturated rings. The summed E-state index contributed by atoms with van der Waals surface area (Å²) < 4.78 is 14.8. The molecular weight excluding hydrogens is 363 g/mol. The number of pyridine rings is 1. The van der Waals surface area contributed by atoms with Gasteiger partial charge in [0.05, 0.1) is 17.9 Å². The number of nitrogens with zero attached hydrogens (tertiary/aromatic N) is 1. The molecule has 1 aromatic heterocycles. The van der Waals surface area contributed by atoms with Crippen LogP contribution in [0.4, 0.5) is 10.1 Å². The van der Waals surface area contributed by atoms with Crippen LogP contribution in [0.5, 0.6) is 0 Å². The first-order chi connectivity index (χ1) is 8.56. The standard InChI is InChI=1S/C13H11Br2FN2/c1-8(12-5-3-10(16)7-17-12)18-13-4-2-9(14)6-11(13)15/h2-8,18H,1H3. The van der Waals surface area contributed by atoms with E-state index in [1.54, 1.807) is 6.07 Å². The molecule has 1 heterocycles. The second kappa shape index (κ2) is 5.80. The van der Waals surface area contributed by atoms with Crippen molar-refractivity contribution in [2.45, 2.75) is 13.0 Å². The highest BCUT2D eigenvalue weighted by molar-refractivity contribution is 9.11. The predicted octanol–water partition coefficient (Wildman–Crippen LogP) is 4.92. The summed E-state index contributed by atoms with van der Waals surface area (Å²) in [5, 5.41) is 3.32. The summed E-state index contributed by atoms with van der Waals surface area (Å²) >= 11 is 6.89. The Labute approximate surface area is 122 Å². The molecule has 1 N–H and O–H groups in total. The fourth-order valence-corrected chi connectivity index (χ4v) is 2.72. The van der Waals surface area contributed by atoms with Crippen LogP contribution in [-0.2, 0) is 0 Å². The molecular formula is C13H11Br2FN2. The zero-order valence-corrected chi connectivity index (χ0v) is 12.8. The third-order valence-corrected chi connectivity index (χ3v) is 3.65. The third-order valence-electron chi connectivity index (χ3n) is 2.50. The lowest BCUT2D eigenvalue weighted by atomic mass is 10.2. The molecule has 0 aliphatic rings. The van der Waals surface area contributed by atoms with E-state index in [1.165, 1.54) is 12.3 Å². The molecule has 0 aliphatic heterocycles. The maximum atomic E-state index is 12.8. The lowest BCUT2D eigenvalue weighted by molar-refractivity contribution is 0.617. The monoisotopic (exact) mass is 372 g/mol. The molecule has 0 saturated heterocycles. The summed E-state index contributed by atoms with van der Waals surface area (Å²) in [6.07, 6.45) is 1.23. The van der Waals surface area contributed by atoms with Gasteiger partial charge in [-0.1, -0.05) is 15.9 Å². The molecule has 1 aromatic carbocycles. The molecule has 0 saturated carbocycles. The van der Waals surface area contributed by atoms with Gasteiger partial charge in [0.1, 0.15) is 5.82 Å². The zero-order chi connectivity index (χ0) is 13.1. The summed E-state index contributed by atoms with van der Waals surface area (Å²) in [6.45, 7) is 1.98. The van der Waals surface area contributed by atoms with E-state index in [1.807, 2.05) is 25.1 Å². The first-order valence-electron chi connectivity index (χ1n) is 5.39. The zero-order valence-electron chi connectivity index (χ0n) is 9.62. The van der Waals surface area contributed by atoms with Gasteiger partial charge >= 0.3 is 0 Å². The van der Waals surface area contributed by atoms with Crippen molar-refractivity contribution < 1.29 is 4.39 Å². The van der Waals surface area contributed by atoms with Crippen LogP contribution < -0.4 is 5.32 Å². The van der Waals surface area contributed by atoms with Gasteiger partial charge in [-0.2, -0.15) is 0 Å². The van der Waals surface area contributed by atoms with E-state index in [-0.39, 0.29) is 11.9 Å². The second-order valence-corrected chi connectivity index (χ2v) is 5.66. The normalized spacial score (nSPS) is 12.2. The lowest BCUT2D eigenvalue weighted by Crippen LogP contribution is -2.08. The molecule has 0 amide bonds. The minimum absolute atomic E-state index is 0.00285. The minimum Gasteiger partial charge on any atom is -0.376 e. The van der Waals surface area contributed by atoms with Gasteiger partial charge in [-0.25, -0.2) is 4.39 Å². The van der Waals surface area contributed by atoms with Crippen molar-refractivity contribution in [2.75, 3.05) is 5.32 Å². The minimum atomic E-state index is -0.323. The van der Waals surface area contributed by atoms with Gasteiger partial charge in [-0.05, 0) is 53.2 Å². The third kappa shape index (κ3) is 3.29. The molecule has 0 aliphatic carbocycles. The van der Waals surface area contributed by atoms with Crippen LogP contribution in [0.15, 0.2) is 45.5 Å². The molecule has 1 atom stereocenters. The second-order valence-electron chi connectivity index (χ2n) is 3.89. The fraction of sp³-hybridized carbons (Fsp3) is 0.154. The van der Waals surface area contributed by atoms with Crippen LogP contribution in [-0.4, -0.2) is 4.98 Å². The highest BCUT2D eigenvalue weighted by Gasteiger charge is 2.09. The Hall–Kier alpha value is -0.940. The smallest absolute Gasteiger partial charge is 0.141 e. The molecule has 0 bridgehead atoms. The number of nitrogens with one attached hydrogen (secondary N) is 1. The van der Waals surface area contributed by atoms with Gasteiger partial charge < -0.3 is 5.32 Å². The number of benzene rings is 1. The molecule has 0 spiro atoms. The Morgan fingerprint density at radius 3 is 2.61 bits per heavy atom. The van der Waals surface area contributed by atoms with Gasteiger partial charge in [0.25, 0.3) is 0 Å². The summed E-state index contributed by atoms with van der Waals surface area (Å²) in [4.78, 5) is 4.06. The van der Waals surface area contributed by atoms with Gasteiger partial charge in [-0.3, -0.25) is 4.98 Å². The Morgan fingerprint density at radius 2 is 2.00 bits per heavy atom. The van der Waals surface area contributed by atoms with E-state index in [4.69, 9.17) is 0 Å². The van der Waals surface area contributed by atoms with E-state index in [0.717, 1.165) is 20.3 Å². The highest BCUT2D eigenvalue weighted by Crippen LogP contribution is 2.28. The Morgan fingerprint density at radius 1 is 1.22 bits per heavy atom. The topological polar surface area (TPSA) is 24.9 Å². The number of halogens is 3. The van der Waals surface area contributed by atoms with Crippen molar-refractivity contribution in [1.29, 1.82) is 0 Å². The molecule has 5 heteroatoms. The Kier molecular flexibility index (Phi) is 4.35. The maximum absolute atomic E-state index is 12.8. The van der Waals surface area contributed by atoms with Crippen molar-refractivity contribution in [3.8, 4) is 0 Å². The number of anilines is 1. The molecule has 2 nitrogen and oxygen atoms in total. The van der Waals surface area contributed by atoms with Gasteiger partial charge in [0.15, 0.2) is 0 Å². The van der Waals surface area contributed by atoms with Gasteiger partial charge in [0.2, 0.25) is 0 Å². The average molecular weight is 374 g/mol. The molecule has 18 heavy (non-hydrogen) atoms. The van der Waals surface area contributed by atoms with Crippen molar-refractivity contribution in [2.24, 2.45) is 0 Å². The summed E-state index contributed by atoms with van der Waals surface area (Å²) in [5.41, 5.74) is 1.77. The lowest BCUT2D eigenvalue weighted by Gasteiger charge is -2.16. The Balaban J connectivity index is 2.15. The summed E-state index contributed by atoms with van der Waals surface area (Å²) in [5.74, 6) is -0.323. The van der Waals surface area contributed by atoms with Crippen LogP contribution in [0.1, 0.15) is 18.7 Å². The maximum Gasteiger partial charge on any atom is 0.141 e. The molecule has 94 valence electrons. The number of hydrogen-bond acceptors (Lipinski definition) is 2. The number of aromatic nitrogens is 1. The van der Waals surface area contributed by atoms with Crippen molar-refractivity contribution in [1.82, 2.24) is 4.98 Å². The first-order valence-corrected chi connectivity index (χ1v) is 6.98.